The number of rotatable bonds is 3. The summed E-state index contributed by atoms with van der Waals surface area (Å²) in [6.45, 7) is 1.92. The first-order chi connectivity index (χ1) is 14.4. The summed E-state index contributed by atoms with van der Waals surface area (Å²) in [5.41, 5.74) is 2.51. The number of ketones is 1. The molecule has 0 radical (unpaired) electrons. The summed E-state index contributed by atoms with van der Waals surface area (Å²) in [5, 5.41) is 21.1. The smallest absolute Gasteiger partial charge is 0.300 e. The first kappa shape index (κ1) is 19.7. The molecule has 1 aliphatic rings. The average molecular weight is 420 g/mol. The molecule has 0 aromatic heterocycles. The van der Waals surface area contributed by atoms with Gasteiger partial charge in [-0.15, -0.1) is 0 Å². The molecule has 1 saturated heterocycles. The monoisotopic (exact) mass is 419 g/mol. The van der Waals surface area contributed by atoms with Gasteiger partial charge in [-0.25, -0.2) is 0 Å². The maximum absolute atomic E-state index is 13.0. The van der Waals surface area contributed by atoms with Crippen LogP contribution in [0.5, 0.6) is 5.75 Å². The zero-order valence-electron chi connectivity index (χ0n) is 16.0. The average Bonchev–Trinajstić information content (AvgIpc) is 3.00. The lowest BCUT2D eigenvalue weighted by molar-refractivity contribution is -0.132. The van der Waals surface area contributed by atoms with Crippen molar-refractivity contribution in [3.8, 4) is 5.75 Å². The molecule has 1 heterocycles. The van der Waals surface area contributed by atoms with Crippen molar-refractivity contribution in [2.75, 3.05) is 4.90 Å². The van der Waals surface area contributed by atoms with Crippen LogP contribution in [0.15, 0.2) is 78.4 Å². The van der Waals surface area contributed by atoms with E-state index in [1.807, 2.05) is 19.1 Å². The fourth-order valence-corrected chi connectivity index (χ4v) is 3.67. The second-order valence-electron chi connectivity index (χ2n) is 7.10. The molecule has 2 N–H and O–H groups in total. The second-order valence-corrected chi connectivity index (χ2v) is 7.54. The second kappa shape index (κ2) is 7.69. The first-order valence-corrected chi connectivity index (χ1v) is 9.67. The third kappa shape index (κ3) is 3.44. The van der Waals surface area contributed by atoms with Crippen LogP contribution >= 0.6 is 11.6 Å². The van der Waals surface area contributed by atoms with Crippen molar-refractivity contribution >= 4 is 34.7 Å². The highest BCUT2D eigenvalue weighted by atomic mass is 35.5. The Kier molecular flexibility index (Phi) is 5.06. The summed E-state index contributed by atoms with van der Waals surface area (Å²) in [7, 11) is 0. The van der Waals surface area contributed by atoms with Gasteiger partial charge in [0.1, 0.15) is 11.5 Å². The Morgan fingerprint density at radius 3 is 2.10 bits per heavy atom. The maximum atomic E-state index is 13.0. The number of benzene rings is 3. The highest BCUT2D eigenvalue weighted by molar-refractivity contribution is 6.51. The van der Waals surface area contributed by atoms with Crippen molar-refractivity contribution in [2.24, 2.45) is 0 Å². The van der Waals surface area contributed by atoms with Gasteiger partial charge < -0.3 is 10.2 Å². The van der Waals surface area contributed by atoms with Crippen LogP contribution in [0.25, 0.3) is 5.76 Å². The number of carbonyl (C=O) groups excluding carboxylic acids is 2. The van der Waals surface area contributed by atoms with E-state index in [9.17, 15) is 19.8 Å². The van der Waals surface area contributed by atoms with Crippen molar-refractivity contribution < 1.29 is 19.8 Å². The van der Waals surface area contributed by atoms with Crippen LogP contribution in [0.4, 0.5) is 5.69 Å². The van der Waals surface area contributed by atoms with E-state index in [-0.39, 0.29) is 17.1 Å². The molecule has 0 bridgehead atoms. The number of aliphatic hydroxyl groups excluding tert-OH is 1. The number of Topliss-reactive ketones (excluding diaryl/α,β-unsaturated/α-hetero) is 1. The number of anilines is 1. The quantitative estimate of drug-likeness (QED) is 0.356. The summed E-state index contributed by atoms with van der Waals surface area (Å²) in [4.78, 5) is 27.3. The molecule has 1 aliphatic heterocycles. The SMILES string of the molecule is Cc1ccc(C(O)=C2C(=O)C(=O)N(c3ccc(O)cc3)[C@@H]2c2ccc(Cl)cc2)cc1. The molecular weight excluding hydrogens is 402 g/mol. The predicted molar refractivity (Wildman–Crippen MR) is 116 cm³/mol. The molecule has 0 aliphatic carbocycles. The summed E-state index contributed by atoms with van der Waals surface area (Å²) >= 11 is 6.02. The zero-order valence-corrected chi connectivity index (χ0v) is 16.8. The van der Waals surface area contributed by atoms with Gasteiger partial charge in [-0.1, -0.05) is 53.6 Å². The number of hydrogen-bond acceptors (Lipinski definition) is 4. The molecule has 5 nitrogen and oxygen atoms in total. The van der Waals surface area contributed by atoms with E-state index in [1.165, 1.54) is 17.0 Å². The molecule has 6 heteroatoms. The van der Waals surface area contributed by atoms with Gasteiger partial charge in [-0.2, -0.15) is 0 Å². The third-order valence-electron chi connectivity index (χ3n) is 5.08. The Morgan fingerprint density at radius 1 is 0.900 bits per heavy atom. The van der Waals surface area contributed by atoms with E-state index in [0.29, 0.717) is 21.8 Å². The number of carbonyl (C=O) groups is 2. The highest BCUT2D eigenvalue weighted by Crippen LogP contribution is 2.42. The number of aliphatic hydroxyl groups is 1. The minimum Gasteiger partial charge on any atom is -0.508 e. The topological polar surface area (TPSA) is 77.8 Å². The van der Waals surface area contributed by atoms with Gasteiger partial charge in [0.25, 0.3) is 11.7 Å². The van der Waals surface area contributed by atoms with Crippen molar-refractivity contribution in [3.05, 3.63) is 100 Å². The molecule has 0 spiro atoms. The molecular formula is C24H18ClNO4. The van der Waals surface area contributed by atoms with Crippen molar-refractivity contribution in [1.29, 1.82) is 0 Å². The van der Waals surface area contributed by atoms with E-state index in [1.54, 1.807) is 48.5 Å². The fourth-order valence-electron chi connectivity index (χ4n) is 3.54. The lowest BCUT2D eigenvalue weighted by Crippen LogP contribution is -2.29. The number of phenolic OH excluding ortho intramolecular Hbond substituents is 1. The van der Waals surface area contributed by atoms with Crippen molar-refractivity contribution in [2.45, 2.75) is 13.0 Å². The van der Waals surface area contributed by atoms with E-state index >= 15 is 0 Å². The fraction of sp³-hybridized carbons (Fsp3) is 0.0833. The lowest BCUT2D eigenvalue weighted by Gasteiger charge is -2.25. The molecule has 0 saturated carbocycles. The summed E-state index contributed by atoms with van der Waals surface area (Å²) < 4.78 is 0. The van der Waals surface area contributed by atoms with Crippen LogP contribution in [-0.4, -0.2) is 21.9 Å². The molecule has 0 unspecified atom stereocenters. The Labute approximate surface area is 178 Å². The van der Waals surface area contributed by atoms with Crippen molar-refractivity contribution in [3.63, 3.8) is 0 Å². The predicted octanol–water partition coefficient (Wildman–Crippen LogP) is 4.98. The van der Waals surface area contributed by atoms with Gasteiger partial charge >= 0.3 is 0 Å². The van der Waals surface area contributed by atoms with Gasteiger partial charge in [0, 0.05) is 16.3 Å². The number of nitrogens with zero attached hydrogens (tertiary/aromatic N) is 1. The first-order valence-electron chi connectivity index (χ1n) is 9.29. The summed E-state index contributed by atoms with van der Waals surface area (Å²) in [5.74, 6) is -1.73. The van der Waals surface area contributed by atoms with Crippen LogP contribution in [0.3, 0.4) is 0 Å². The minimum absolute atomic E-state index is 0.000694. The number of amides is 1. The Balaban J connectivity index is 1.93. The molecule has 1 amide bonds. The van der Waals surface area contributed by atoms with Crippen LogP contribution in [-0.2, 0) is 9.59 Å². The van der Waals surface area contributed by atoms with Gasteiger partial charge in [0.05, 0.1) is 11.6 Å². The van der Waals surface area contributed by atoms with E-state index in [2.05, 4.69) is 0 Å². The number of aryl methyl sites for hydroxylation is 1. The molecule has 1 fully saturated rings. The van der Waals surface area contributed by atoms with Crippen LogP contribution in [0.2, 0.25) is 5.02 Å². The van der Waals surface area contributed by atoms with Crippen molar-refractivity contribution in [1.82, 2.24) is 0 Å². The number of hydrogen-bond donors (Lipinski definition) is 2. The van der Waals surface area contributed by atoms with Gasteiger partial charge in [0.2, 0.25) is 0 Å². The molecule has 4 rings (SSSR count). The van der Waals surface area contributed by atoms with Crippen LogP contribution < -0.4 is 4.90 Å². The van der Waals surface area contributed by atoms with Gasteiger partial charge in [-0.3, -0.25) is 14.5 Å². The Bertz CT molecular complexity index is 1150. The standard InChI is InChI=1S/C24H18ClNO4/c1-14-2-4-16(5-3-14)22(28)20-21(15-6-8-17(25)9-7-15)26(24(30)23(20)29)18-10-12-19(27)13-11-18/h2-13,21,27-28H,1H3/t21-/m1/s1. The van der Waals surface area contributed by atoms with E-state index in [0.717, 1.165) is 5.56 Å². The maximum Gasteiger partial charge on any atom is 0.300 e. The summed E-state index contributed by atoms with van der Waals surface area (Å²) in [6, 6.07) is 19.0. The molecule has 30 heavy (non-hydrogen) atoms. The normalized spacial score (nSPS) is 18.1. The highest BCUT2D eigenvalue weighted by Gasteiger charge is 2.46. The lowest BCUT2D eigenvalue weighted by atomic mass is 9.95. The summed E-state index contributed by atoms with van der Waals surface area (Å²) in [6.07, 6.45) is 0. The van der Waals surface area contributed by atoms with E-state index in [4.69, 9.17) is 11.6 Å². The van der Waals surface area contributed by atoms with Crippen LogP contribution in [0, 0.1) is 6.92 Å². The number of halogens is 1. The molecule has 1 atom stereocenters. The molecule has 150 valence electrons. The minimum atomic E-state index is -0.840. The number of aromatic hydroxyl groups is 1. The largest absolute Gasteiger partial charge is 0.508 e. The van der Waals surface area contributed by atoms with E-state index < -0.39 is 17.7 Å². The Hall–Kier alpha value is -3.57. The van der Waals surface area contributed by atoms with Gasteiger partial charge in [-0.05, 0) is 48.9 Å². The van der Waals surface area contributed by atoms with Crippen LogP contribution in [0.1, 0.15) is 22.7 Å². The zero-order chi connectivity index (χ0) is 21.4. The third-order valence-corrected chi connectivity index (χ3v) is 5.34. The Morgan fingerprint density at radius 2 is 1.50 bits per heavy atom. The molecule has 3 aromatic rings. The molecule has 3 aromatic carbocycles. The van der Waals surface area contributed by atoms with Gasteiger partial charge in [0.15, 0.2) is 0 Å². The number of phenols is 1.